The second kappa shape index (κ2) is 41.6. The Bertz CT molecular complexity index is 1520. The van der Waals surface area contributed by atoms with Crippen molar-refractivity contribution in [2.75, 3.05) is 0 Å². The number of hydrogen-bond acceptors (Lipinski definition) is 8. The molecule has 4 saturated carbocycles. The highest BCUT2D eigenvalue weighted by Crippen LogP contribution is 2.51. The Balaban J connectivity index is 0.895. The lowest BCUT2D eigenvalue weighted by Gasteiger charge is -2.42. The molecule has 8 heteroatoms. The molecule has 4 aliphatic carbocycles. The molecule has 9 aliphatic rings. The highest BCUT2D eigenvalue weighted by molar-refractivity contribution is 5.10. The van der Waals surface area contributed by atoms with E-state index in [0.29, 0.717) is 96.7 Å². The smallest absolute Gasteiger partial charge is 0.0628 e. The first kappa shape index (κ1) is 72.0. The average molecular weight is 1230 g/mol. The topological polar surface area (TPSA) is 96.2 Å². The van der Waals surface area contributed by atoms with Crippen molar-refractivity contribution in [3.8, 4) is 0 Å². The zero-order valence-electron chi connectivity index (χ0n) is 59.1. The van der Waals surface area contributed by atoms with Crippen molar-refractivity contribution in [3.63, 3.8) is 0 Å². The number of unbranched alkanes of at least 4 members (excludes halogenated alkanes) is 36. The SMILES string of the molecule is CCCCCCCCCCCCC1CC2C3NC4NC(NC5NC(NC6NC(NC(N3)C2CC1CCCCCCCCCCCC)C1CCCCC61)C1CC(CCCCCCCCCCCC)C(CCCCCCCCCCCC)CC51)C1CCCCC41. The standard InChI is InChI=1S/C80H152N8/c1-5-9-13-17-21-25-29-33-37-41-49-61-57-69-70(58-62(61)50-42-38-34-30-26-22-18-14-10-6-2)78-84-74-67-55-47-48-56-68(67)76(82-74)86-80-72-60-64(52-44-40-36-32-28-24-20-16-12-8-4)63(51-43-39-35-31-27-23-19-15-11-7-3)59-71(72)79(88-80)85-75-66-54-46-45-53-65(66)73(81-75)83-77(69)87-78/h61-88H,5-60H2,1-4H3. The van der Waals surface area contributed by atoms with E-state index in [2.05, 4.69) is 70.2 Å². The number of rotatable bonds is 44. The summed E-state index contributed by atoms with van der Waals surface area (Å²) in [7, 11) is 0. The molecule has 0 amide bonds. The normalized spacial score (nSPS) is 36.1. The Hall–Kier alpha value is -0.320. The van der Waals surface area contributed by atoms with E-state index in [0.717, 1.165) is 23.7 Å². The Kier molecular flexibility index (Phi) is 34.0. The Morgan fingerprint density at radius 1 is 0.182 bits per heavy atom. The molecule has 8 nitrogen and oxygen atoms in total. The molecular weight excluding hydrogens is 1070 g/mol. The van der Waals surface area contributed by atoms with E-state index in [1.807, 2.05) is 0 Å². The number of nitrogens with one attached hydrogen (secondary N) is 8. The first-order valence-electron chi connectivity index (χ1n) is 41.6. The van der Waals surface area contributed by atoms with Gasteiger partial charge in [0.1, 0.15) is 0 Å². The van der Waals surface area contributed by atoms with E-state index < -0.39 is 0 Å². The molecule has 20 atom stereocenters. The largest absolute Gasteiger partial charge is 0.286 e. The van der Waals surface area contributed by atoms with Crippen molar-refractivity contribution >= 4 is 0 Å². The van der Waals surface area contributed by atoms with E-state index in [4.69, 9.17) is 0 Å². The van der Waals surface area contributed by atoms with E-state index in [1.165, 1.54) is 360 Å². The lowest BCUT2D eigenvalue weighted by atomic mass is 9.65. The minimum atomic E-state index is 0.371. The second-order valence-corrected chi connectivity index (χ2v) is 32.9. The first-order chi connectivity index (χ1) is 43.6. The molecular formula is C80H152N8. The highest BCUT2D eigenvalue weighted by Gasteiger charge is 2.56. The summed E-state index contributed by atoms with van der Waals surface area (Å²) in [6.07, 6.45) is 83.6. The molecule has 9 rings (SSSR count). The zero-order chi connectivity index (χ0) is 60.8. The van der Waals surface area contributed by atoms with Gasteiger partial charge >= 0.3 is 0 Å². The van der Waals surface area contributed by atoms with Crippen LogP contribution in [0.5, 0.6) is 0 Å². The van der Waals surface area contributed by atoms with Crippen LogP contribution in [0, 0.1) is 71.0 Å². The third kappa shape index (κ3) is 22.4. The van der Waals surface area contributed by atoms with Crippen molar-refractivity contribution in [2.45, 2.75) is 437 Å². The van der Waals surface area contributed by atoms with Crippen LogP contribution in [-0.2, 0) is 0 Å². The highest BCUT2D eigenvalue weighted by atomic mass is 15.4. The fraction of sp³-hybridized carbons (Fsp3) is 1.00. The van der Waals surface area contributed by atoms with Gasteiger partial charge in [-0.3, -0.25) is 42.5 Å². The van der Waals surface area contributed by atoms with Gasteiger partial charge in [-0.1, -0.05) is 336 Å². The summed E-state index contributed by atoms with van der Waals surface area (Å²) in [6.45, 7) is 9.41. The first-order valence-corrected chi connectivity index (χ1v) is 41.6. The van der Waals surface area contributed by atoms with Crippen molar-refractivity contribution in [1.82, 2.24) is 42.5 Å². The maximum atomic E-state index is 4.60. The molecule has 5 aliphatic heterocycles. The van der Waals surface area contributed by atoms with Crippen molar-refractivity contribution in [2.24, 2.45) is 71.0 Å². The quantitative estimate of drug-likeness (QED) is 0.0286. The predicted octanol–water partition coefficient (Wildman–Crippen LogP) is 20.8. The molecule has 20 unspecified atom stereocenters. The molecule has 8 bridgehead atoms. The summed E-state index contributed by atoms with van der Waals surface area (Å²) < 4.78 is 0. The van der Waals surface area contributed by atoms with Crippen LogP contribution >= 0.6 is 0 Å². The molecule has 8 N–H and O–H groups in total. The van der Waals surface area contributed by atoms with Crippen LogP contribution in [-0.4, -0.2) is 49.3 Å². The fourth-order valence-electron chi connectivity index (χ4n) is 21.3. The molecule has 9 fully saturated rings. The van der Waals surface area contributed by atoms with Crippen LogP contribution in [0.15, 0.2) is 0 Å². The van der Waals surface area contributed by atoms with Crippen LogP contribution < -0.4 is 42.5 Å². The summed E-state index contributed by atoms with van der Waals surface area (Å²) >= 11 is 0. The second-order valence-electron chi connectivity index (χ2n) is 32.9. The van der Waals surface area contributed by atoms with Gasteiger partial charge in [-0.25, -0.2) is 0 Å². The Labute approximate surface area is 547 Å². The van der Waals surface area contributed by atoms with Crippen LogP contribution in [0.2, 0.25) is 0 Å². The minimum absolute atomic E-state index is 0.371. The number of fused-ring (bicyclic) bond motifs is 20. The lowest BCUT2D eigenvalue weighted by molar-refractivity contribution is 0.0826. The molecule has 88 heavy (non-hydrogen) atoms. The van der Waals surface area contributed by atoms with Gasteiger partial charge in [0.15, 0.2) is 0 Å². The fourth-order valence-corrected chi connectivity index (χ4v) is 21.3. The third-order valence-corrected chi connectivity index (χ3v) is 26.5. The third-order valence-electron chi connectivity index (χ3n) is 26.5. The Morgan fingerprint density at radius 2 is 0.330 bits per heavy atom. The van der Waals surface area contributed by atoms with Crippen LogP contribution in [0.3, 0.4) is 0 Å². The van der Waals surface area contributed by atoms with Gasteiger partial charge in [0.25, 0.3) is 0 Å². The minimum Gasteiger partial charge on any atom is -0.286 e. The summed E-state index contributed by atoms with van der Waals surface area (Å²) in [4.78, 5) is 0. The molecule has 0 aromatic carbocycles. The van der Waals surface area contributed by atoms with Crippen molar-refractivity contribution in [1.29, 1.82) is 0 Å². The van der Waals surface area contributed by atoms with Gasteiger partial charge in [0, 0.05) is 0 Å². The summed E-state index contributed by atoms with van der Waals surface area (Å²) in [5, 5.41) is 36.5. The van der Waals surface area contributed by atoms with Crippen LogP contribution in [0.4, 0.5) is 0 Å². The van der Waals surface area contributed by atoms with Gasteiger partial charge in [0.2, 0.25) is 0 Å². The van der Waals surface area contributed by atoms with Crippen molar-refractivity contribution in [3.05, 3.63) is 0 Å². The molecule has 512 valence electrons. The van der Waals surface area contributed by atoms with Crippen molar-refractivity contribution < 1.29 is 0 Å². The van der Waals surface area contributed by atoms with Gasteiger partial charge in [0.05, 0.1) is 49.3 Å². The van der Waals surface area contributed by atoms with Crippen LogP contribution in [0.1, 0.15) is 387 Å². The average Bonchev–Trinajstić information content (AvgIpc) is 2.37. The van der Waals surface area contributed by atoms with E-state index in [1.54, 1.807) is 0 Å². The molecule has 0 radical (unpaired) electrons. The molecule has 5 saturated heterocycles. The Morgan fingerprint density at radius 3 is 0.500 bits per heavy atom. The monoisotopic (exact) mass is 1230 g/mol. The van der Waals surface area contributed by atoms with Gasteiger partial charge in [-0.15, -0.1) is 0 Å². The van der Waals surface area contributed by atoms with E-state index in [-0.39, 0.29) is 0 Å². The summed E-state index contributed by atoms with van der Waals surface area (Å²) in [5.41, 5.74) is 0. The number of hydrogen-bond donors (Lipinski definition) is 8. The predicted molar refractivity (Wildman–Crippen MR) is 379 cm³/mol. The van der Waals surface area contributed by atoms with Gasteiger partial charge in [-0.2, -0.15) is 0 Å². The maximum absolute atomic E-state index is 4.60. The molecule has 5 heterocycles. The molecule has 0 spiro atoms. The van der Waals surface area contributed by atoms with Gasteiger partial charge < -0.3 is 0 Å². The zero-order valence-corrected chi connectivity index (χ0v) is 59.1. The van der Waals surface area contributed by atoms with E-state index >= 15 is 0 Å². The van der Waals surface area contributed by atoms with Gasteiger partial charge in [-0.05, 0) is 122 Å². The summed E-state index contributed by atoms with van der Waals surface area (Å²) in [6, 6.07) is 0. The van der Waals surface area contributed by atoms with Crippen LogP contribution in [0.25, 0.3) is 0 Å². The molecule has 0 aromatic heterocycles. The van der Waals surface area contributed by atoms with E-state index in [9.17, 15) is 0 Å². The molecule has 0 aromatic rings. The summed E-state index contributed by atoms with van der Waals surface area (Å²) in [5.74, 6) is 9.14. The maximum Gasteiger partial charge on any atom is 0.0628 e. The lowest BCUT2D eigenvalue weighted by Crippen LogP contribution is -2.61.